The predicted octanol–water partition coefficient (Wildman–Crippen LogP) is 3.72. The van der Waals surface area contributed by atoms with Crippen molar-refractivity contribution in [3.05, 3.63) is 17.6 Å². The fourth-order valence-electron chi connectivity index (χ4n) is 4.60. The highest BCUT2D eigenvalue weighted by atomic mass is 15.1. The molecular formula is C16H25N3. The summed E-state index contributed by atoms with van der Waals surface area (Å²) in [6, 6.07) is 2.59. The van der Waals surface area contributed by atoms with Gasteiger partial charge in [0.05, 0.1) is 0 Å². The zero-order valence-electron chi connectivity index (χ0n) is 12.7. The van der Waals surface area contributed by atoms with E-state index in [4.69, 9.17) is 0 Å². The van der Waals surface area contributed by atoms with E-state index in [0.29, 0.717) is 16.9 Å². The quantitative estimate of drug-likeness (QED) is 0.879. The smallest absolute Gasteiger partial charge is 0.130 e. The van der Waals surface area contributed by atoms with Crippen molar-refractivity contribution in [1.29, 1.82) is 0 Å². The maximum absolute atomic E-state index is 4.56. The van der Waals surface area contributed by atoms with Gasteiger partial charge in [-0.2, -0.15) is 0 Å². The van der Waals surface area contributed by atoms with Crippen molar-refractivity contribution in [3.63, 3.8) is 0 Å². The molecule has 3 heteroatoms. The van der Waals surface area contributed by atoms with Crippen molar-refractivity contribution in [2.75, 3.05) is 5.32 Å². The Morgan fingerprint density at radius 3 is 2.53 bits per heavy atom. The van der Waals surface area contributed by atoms with Crippen molar-refractivity contribution in [1.82, 2.24) is 9.97 Å². The summed E-state index contributed by atoms with van der Waals surface area (Å²) in [5, 5.41) is 3.73. The first-order valence-corrected chi connectivity index (χ1v) is 7.40. The van der Waals surface area contributed by atoms with Crippen LogP contribution in [0.3, 0.4) is 0 Å². The van der Waals surface area contributed by atoms with Crippen LogP contribution >= 0.6 is 0 Å². The zero-order chi connectivity index (χ0) is 13.8. The zero-order valence-corrected chi connectivity index (χ0v) is 12.7. The molecule has 104 valence electrons. The van der Waals surface area contributed by atoms with Gasteiger partial charge >= 0.3 is 0 Å². The Labute approximate surface area is 116 Å². The van der Waals surface area contributed by atoms with E-state index in [9.17, 15) is 0 Å². The molecule has 2 bridgehead atoms. The van der Waals surface area contributed by atoms with Gasteiger partial charge in [0.15, 0.2) is 0 Å². The van der Waals surface area contributed by atoms with Crippen molar-refractivity contribution in [2.45, 2.75) is 59.9 Å². The van der Waals surface area contributed by atoms with Crippen molar-refractivity contribution in [3.8, 4) is 0 Å². The molecule has 3 nitrogen and oxygen atoms in total. The Kier molecular flexibility index (Phi) is 2.67. The normalized spacial score (nSPS) is 35.6. The molecule has 1 aromatic rings. The predicted molar refractivity (Wildman–Crippen MR) is 78.1 cm³/mol. The van der Waals surface area contributed by atoms with Crippen LogP contribution < -0.4 is 5.32 Å². The summed E-state index contributed by atoms with van der Waals surface area (Å²) >= 11 is 0. The molecule has 2 aliphatic carbocycles. The maximum atomic E-state index is 4.56. The molecule has 0 aliphatic heterocycles. The maximum Gasteiger partial charge on any atom is 0.130 e. The number of hydrogen-bond acceptors (Lipinski definition) is 3. The number of anilines is 1. The van der Waals surface area contributed by atoms with Gasteiger partial charge in [-0.25, -0.2) is 9.97 Å². The first kappa shape index (κ1) is 12.9. The van der Waals surface area contributed by atoms with Gasteiger partial charge < -0.3 is 5.32 Å². The fourth-order valence-corrected chi connectivity index (χ4v) is 4.60. The molecule has 2 aliphatic rings. The highest BCUT2D eigenvalue weighted by Gasteiger charge is 2.59. The third-order valence-electron chi connectivity index (χ3n) is 5.53. The molecule has 1 aromatic heterocycles. The Hall–Kier alpha value is -1.12. The molecule has 0 aromatic carbocycles. The molecule has 3 unspecified atom stereocenters. The summed E-state index contributed by atoms with van der Waals surface area (Å²) in [7, 11) is 0. The highest BCUT2D eigenvalue weighted by Crippen LogP contribution is 2.62. The number of aromatic nitrogens is 2. The standard InChI is InChI=1S/C16H25N3/c1-10-8-13(18-11(2)17-10)19-14-15(3,4)12-6-7-16(14,5)9-12/h8,12,14H,6-7,9H2,1-5H3,(H,17,18,19). The third kappa shape index (κ3) is 1.94. The highest BCUT2D eigenvalue weighted by molar-refractivity contribution is 5.39. The summed E-state index contributed by atoms with van der Waals surface area (Å²) in [6.07, 6.45) is 4.10. The number of nitrogens with one attached hydrogen (secondary N) is 1. The molecule has 19 heavy (non-hydrogen) atoms. The summed E-state index contributed by atoms with van der Waals surface area (Å²) in [4.78, 5) is 8.91. The fraction of sp³-hybridized carbons (Fsp3) is 0.750. The van der Waals surface area contributed by atoms with E-state index in [1.54, 1.807) is 0 Å². The number of aryl methyl sites for hydroxylation is 2. The average molecular weight is 259 g/mol. The van der Waals surface area contributed by atoms with Crippen molar-refractivity contribution < 1.29 is 0 Å². The van der Waals surface area contributed by atoms with Gasteiger partial charge in [0, 0.05) is 17.8 Å². The molecule has 2 fully saturated rings. The van der Waals surface area contributed by atoms with Crippen LogP contribution in [0.2, 0.25) is 0 Å². The lowest BCUT2D eigenvalue weighted by molar-refractivity contribution is 0.155. The van der Waals surface area contributed by atoms with Gasteiger partial charge in [0.2, 0.25) is 0 Å². The second-order valence-corrected chi connectivity index (χ2v) is 7.43. The monoisotopic (exact) mass is 259 g/mol. The lowest BCUT2D eigenvalue weighted by atomic mass is 9.68. The summed E-state index contributed by atoms with van der Waals surface area (Å²) in [5.74, 6) is 2.71. The summed E-state index contributed by atoms with van der Waals surface area (Å²) in [6.45, 7) is 11.3. The Bertz CT molecular complexity index is 484. The number of fused-ring (bicyclic) bond motifs is 2. The van der Waals surface area contributed by atoms with E-state index >= 15 is 0 Å². The van der Waals surface area contributed by atoms with Gasteiger partial charge in [0.25, 0.3) is 0 Å². The third-order valence-corrected chi connectivity index (χ3v) is 5.53. The molecule has 0 spiro atoms. The van der Waals surface area contributed by atoms with Gasteiger partial charge in [0.1, 0.15) is 11.6 Å². The van der Waals surface area contributed by atoms with Crippen LogP contribution in [-0.4, -0.2) is 16.0 Å². The number of rotatable bonds is 2. The molecule has 0 radical (unpaired) electrons. The largest absolute Gasteiger partial charge is 0.366 e. The first-order chi connectivity index (χ1) is 8.81. The Morgan fingerprint density at radius 2 is 1.95 bits per heavy atom. The SMILES string of the molecule is Cc1cc(NC2C3(C)CCC(C3)C2(C)C)nc(C)n1. The van der Waals surface area contributed by atoms with E-state index in [1.165, 1.54) is 19.3 Å². The minimum atomic E-state index is 0.361. The second-order valence-electron chi connectivity index (χ2n) is 7.43. The van der Waals surface area contributed by atoms with E-state index < -0.39 is 0 Å². The Balaban J connectivity index is 1.90. The van der Waals surface area contributed by atoms with Crippen LogP contribution in [0, 0.1) is 30.6 Å². The molecule has 3 atom stereocenters. The van der Waals surface area contributed by atoms with Crippen LogP contribution in [0.25, 0.3) is 0 Å². The first-order valence-electron chi connectivity index (χ1n) is 7.40. The average Bonchev–Trinajstić information content (AvgIpc) is 2.74. The van der Waals surface area contributed by atoms with Gasteiger partial charge in [-0.3, -0.25) is 0 Å². The molecule has 2 saturated carbocycles. The van der Waals surface area contributed by atoms with E-state index in [0.717, 1.165) is 23.3 Å². The van der Waals surface area contributed by atoms with Gasteiger partial charge in [-0.15, -0.1) is 0 Å². The molecule has 1 N–H and O–H groups in total. The van der Waals surface area contributed by atoms with Crippen LogP contribution in [0.15, 0.2) is 6.07 Å². The number of nitrogens with zero attached hydrogens (tertiary/aromatic N) is 2. The minimum Gasteiger partial charge on any atom is -0.366 e. The van der Waals surface area contributed by atoms with E-state index in [2.05, 4.69) is 42.1 Å². The lowest BCUT2D eigenvalue weighted by Crippen LogP contribution is -2.46. The molecular weight excluding hydrogens is 234 g/mol. The van der Waals surface area contributed by atoms with Crippen molar-refractivity contribution >= 4 is 5.82 Å². The minimum absolute atomic E-state index is 0.361. The van der Waals surface area contributed by atoms with E-state index in [-0.39, 0.29) is 0 Å². The molecule has 0 saturated heterocycles. The van der Waals surface area contributed by atoms with Crippen LogP contribution in [0.1, 0.15) is 51.6 Å². The summed E-state index contributed by atoms with van der Waals surface area (Å²) < 4.78 is 0. The topological polar surface area (TPSA) is 37.8 Å². The van der Waals surface area contributed by atoms with Crippen molar-refractivity contribution in [2.24, 2.45) is 16.7 Å². The van der Waals surface area contributed by atoms with E-state index in [1.807, 2.05) is 13.8 Å². The number of hydrogen-bond donors (Lipinski definition) is 1. The molecule has 3 rings (SSSR count). The van der Waals surface area contributed by atoms with Crippen LogP contribution in [-0.2, 0) is 0 Å². The second kappa shape index (κ2) is 3.94. The van der Waals surface area contributed by atoms with Crippen LogP contribution in [0.5, 0.6) is 0 Å². The lowest BCUT2D eigenvalue weighted by Gasteiger charge is -2.43. The van der Waals surface area contributed by atoms with Crippen LogP contribution in [0.4, 0.5) is 5.82 Å². The molecule has 0 amide bonds. The Morgan fingerprint density at radius 1 is 1.21 bits per heavy atom. The molecule has 1 heterocycles. The summed E-state index contributed by atoms with van der Waals surface area (Å²) in [5.41, 5.74) is 1.84. The van der Waals surface area contributed by atoms with Gasteiger partial charge in [-0.05, 0) is 49.9 Å². The van der Waals surface area contributed by atoms with Gasteiger partial charge in [-0.1, -0.05) is 20.8 Å².